The van der Waals surface area contributed by atoms with Crippen molar-refractivity contribution in [3.63, 3.8) is 0 Å². The minimum atomic E-state index is 0.759. The molecule has 0 spiro atoms. The Bertz CT molecular complexity index is 1260. The van der Waals surface area contributed by atoms with Crippen molar-refractivity contribution in [3.05, 3.63) is 120 Å². The van der Waals surface area contributed by atoms with E-state index in [0.29, 0.717) is 0 Å². The van der Waals surface area contributed by atoms with Crippen LogP contribution in [-0.2, 0) is 0 Å². The Morgan fingerprint density at radius 1 is 0.379 bits per heavy atom. The van der Waals surface area contributed by atoms with Crippen molar-refractivity contribution in [1.82, 2.24) is 0 Å². The van der Waals surface area contributed by atoms with Crippen molar-refractivity contribution in [2.45, 2.75) is 0 Å². The molecule has 0 aliphatic heterocycles. The van der Waals surface area contributed by atoms with Crippen LogP contribution in [0.5, 0.6) is 0 Å². The number of rotatable bonds is 3. The summed E-state index contributed by atoms with van der Waals surface area (Å²) in [5, 5.41) is 3.31. The summed E-state index contributed by atoms with van der Waals surface area (Å²) in [6, 6.07) is 40.4. The Balaban J connectivity index is 1.64. The minimum absolute atomic E-state index is 0.759. The average Bonchev–Trinajstić information content (AvgIpc) is 2.79. The molecule has 0 bridgehead atoms. The number of hydrogen-bond acceptors (Lipinski definition) is 0. The van der Waals surface area contributed by atoms with E-state index >= 15 is 0 Å². The van der Waals surface area contributed by atoms with E-state index in [0.717, 1.165) is 5.02 Å². The quantitative estimate of drug-likeness (QED) is 0.289. The van der Waals surface area contributed by atoms with E-state index in [-0.39, 0.29) is 0 Å². The van der Waals surface area contributed by atoms with Crippen LogP contribution in [-0.4, -0.2) is 0 Å². The van der Waals surface area contributed by atoms with Crippen LogP contribution in [0.1, 0.15) is 0 Å². The van der Waals surface area contributed by atoms with Gasteiger partial charge in [0.15, 0.2) is 0 Å². The lowest BCUT2D eigenvalue weighted by Crippen LogP contribution is -1.87. The van der Waals surface area contributed by atoms with E-state index in [1.807, 2.05) is 12.1 Å². The maximum absolute atomic E-state index is 6.03. The zero-order valence-corrected chi connectivity index (χ0v) is 16.6. The van der Waals surface area contributed by atoms with Gasteiger partial charge in [0.05, 0.1) is 0 Å². The summed E-state index contributed by atoms with van der Waals surface area (Å²) >= 11 is 6.03. The molecule has 5 aromatic rings. The molecule has 1 heteroatoms. The SMILES string of the molecule is Clc1ccc(-c2ccc(-c3cccc4cccc(-c5ccccc5)c34)cc2)cc1. The molecule has 0 radical (unpaired) electrons. The lowest BCUT2D eigenvalue weighted by molar-refractivity contribution is 1.60. The third kappa shape index (κ3) is 3.44. The van der Waals surface area contributed by atoms with Crippen LogP contribution in [0.2, 0.25) is 5.02 Å². The van der Waals surface area contributed by atoms with E-state index in [1.165, 1.54) is 44.2 Å². The van der Waals surface area contributed by atoms with Gasteiger partial charge in [-0.15, -0.1) is 0 Å². The van der Waals surface area contributed by atoms with Crippen LogP contribution in [0.25, 0.3) is 44.2 Å². The van der Waals surface area contributed by atoms with E-state index in [1.54, 1.807) is 0 Å². The topological polar surface area (TPSA) is 0 Å². The van der Waals surface area contributed by atoms with Gasteiger partial charge in [0, 0.05) is 5.02 Å². The highest BCUT2D eigenvalue weighted by atomic mass is 35.5. The molecular formula is C28H19Cl. The third-order valence-corrected chi connectivity index (χ3v) is 5.61. The molecule has 0 heterocycles. The third-order valence-electron chi connectivity index (χ3n) is 5.36. The highest BCUT2D eigenvalue weighted by molar-refractivity contribution is 6.30. The summed E-state index contributed by atoms with van der Waals surface area (Å²) in [6.45, 7) is 0. The second-order valence-corrected chi connectivity index (χ2v) is 7.60. The molecule has 0 saturated heterocycles. The summed E-state index contributed by atoms with van der Waals surface area (Å²) < 4.78 is 0. The molecule has 0 N–H and O–H groups in total. The standard InChI is InChI=1S/C28H19Cl/c29-25-18-16-21(17-19-25)20-12-14-23(15-13-20)27-11-5-9-24-8-4-10-26(28(24)27)22-6-2-1-3-7-22/h1-19H. The molecule has 5 aromatic carbocycles. The normalized spacial score (nSPS) is 10.9. The van der Waals surface area contributed by atoms with Crippen molar-refractivity contribution in [3.8, 4) is 33.4 Å². The molecule has 0 atom stereocenters. The van der Waals surface area contributed by atoms with Gasteiger partial charge in [0.1, 0.15) is 0 Å². The fraction of sp³-hybridized carbons (Fsp3) is 0. The molecule has 0 aliphatic carbocycles. The average molecular weight is 391 g/mol. The summed E-state index contributed by atoms with van der Waals surface area (Å²) in [6.07, 6.45) is 0. The van der Waals surface area contributed by atoms with Crippen LogP contribution < -0.4 is 0 Å². The summed E-state index contributed by atoms with van der Waals surface area (Å²) in [7, 11) is 0. The first-order valence-corrected chi connectivity index (χ1v) is 10.1. The maximum atomic E-state index is 6.03. The fourth-order valence-electron chi connectivity index (χ4n) is 3.92. The van der Waals surface area contributed by atoms with E-state index in [9.17, 15) is 0 Å². The van der Waals surface area contributed by atoms with Crippen molar-refractivity contribution >= 4 is 22.4 Å². The van der Waals surface area contributed by atoms with Gasteiger partial charge in [0.25, 0.3) is 0 Å². The molecule has 0 saturated carbocycles. The Kier molecular flexibility index (Phi) is 4.63. The molecule has 0 unspecified atom stereocenters. The lowest BCUT2D eigenvalue weighted by atomic mass is 9.91. The highest BCUT2D eigenvalue weighted by Gasteiger charge is 2.10. The fourth-order valence-corrected chi connectivity index (χ4v) is 4.05. The first-order valence-electron chi connectivity index (χ1n) is 9.73. The van der Waals surface area contributed by atoms with Gasteiger partial charge in [0.2, 0.25) is 0 Å². The predicted octanol–water partition coefficient (Wildman–Crippen LogP) is 8.49. The van der Waals surface area contributed by atoms with Gasteiger partial charge in [-0.1, -0.05) is 115 Å². The molecule has 138 valence electrons. The second-order valence-electron chi connectivity index (χ2n) is 7.16. The molecule has 0 amide bonds. The van der Waals surface area contributed by atoms with Gasteiger partial charge in [-0.05, 0) is 56.3 Å². The van der Waals surface area contributed by atoms with Crippen molar-refractivity contribution in [2.75, 3.05) is 0 Å². The van der Waals surface area contributed by atoms with Gasteiger partial charge in [-0.3, -0.25) is 0 Å². The lowest BCUT2D eigenvalue weighted by Gasteiger charge is -2.13. The van der Waals surface area contributed by atoms with E-state index < -0.39 is 0 Å². The molecule has 0 aromatic heterocycles. The van der Waals surface area contributed by atoms with Crippen molar-refractivity contribution in [1.29, 1.82) is 0 Å². The van der Waals surface area contributed by atoms with E-state index in [4.69, 9.17) is 11.6 Å². The van der Waals surface area contributed by atoms with Crippen molar-refractivity contribution in [2.24, 2.45) is 0 Å². The van der Waals surface area contributed by atoms with Crippen LogP contribution in [0.15, 0.2) is 115 Å². The minimum Gasteiger partial charge on any atom is -0.0843 e. The van der Waals surface area contributed by atoms with Crippen LogP contribution in [0.3, 0.4) is 0 Å². The monoisotopic (exact) mass is 390 g/mol. The van der Waals surface area contributed by atoms with Gasteiger partial charge in [-0.2, -0.15) is 0 Å². The zero-order valence-electron chi connectivity index (χ0n) is 15.8. The summed E-state index contributed by atoms with van der Waals surface area (Å²) in [4.78, 5) is 0. The molecular weight excluding hydrogens is 372 g/mol. The molecule has 0 fully saturated rings. The number of benzene rings is 5. The number of fused-ring (bicyclic) bond motifs is 1. The molecule has 29 heavy (non-hydrogen) atoms. The first kappa shape index (κ1) is 17.7. The Labute approximate surface area is 176 Å². The summed E-state index contributed by atoms with van der Waals surface area (Å²) in [5.41, 5.74) is 7.34. The Morgan fingerprint density at radius 2 is 0.862 bits per heavy atom. The van der Waals surface area contributed by atoms with Crippen molar-refractivity contribution < 1.29 is 0 Å². The van der Waals surface area contributed by atoms with Crippen LogP contribution >= 0.6 is 11.6 Å². The Hall–Kier alpha value is -3.35. The van der Waals surface area contributed by atoms with Crippen LogP contribution in [0.4, 0.5) is 0 Å². The van der Waals surface area contributed by atoms with Gasteiger partial charge >= 0.3 is 0 Å². The number of hydrogen-bond donors (Lipinski definition) is 0. The first-order chi connectivity index (χ1) is 14.3. The molecule has 0 aliphatic rings. The summed E-state index contributed by atoms with van der Waals surface area (Å²) in [5.74, 6) is 0. The predicted molar refractivity (Wildman–Crippen MR) is 125 cm³/mol. The Morgan fingerprint density at radius 3 is 1.45 bits per heavy atom. The second kappa shape index (κ2) is 7.58. The zero-order chi connectivity index (χ0) is 19.6. The van der Waals surface area contributed by atoms with Gasteiger partial charge < -0.3 is 0 Å². The van der Waals surface area contributed by atoms with Gasteiger partial charge in [-0.25, -0.2) is 0 Å². The molecule has 0 nitrogen and oxygen atoms in total. The smallest absolute Gasteiger partial charge is 0.0406 e. The van der Waals surface area contributed by atoms with Crippen LogP contribution in [0, 0.1) is 0 Å². The maximum Gasteiger partial charge on any atom is 0.0406 e. The largest absolute Gasteiger partial charge is 0.0843 e. The highest BCUT2D eigenvalue weighted by Crippen LogP contribution is 2.37. The number of halogens is 1. The van der Waals surface area contributed by atoms with E-state index in [2.05, 4.69) is 103 Å². The molecule has 5 rings (SSSR count).